The highest BCUT2D eigenvalue weighted by Gasteiger charge is 2.44. The SMILES string of the molecule is CCc1cn2c(n1)NC(C)CC2C(F)(F)F. The van der Waals surface area contributed by atoms with Gasteiger partial charge in [-0.1, -0.05) is 6.92 Å². The molecule has 3 nitrogen and oxygen atoms in total. The Kier molecular flexibility index (Phi) is 2.59. The number of alkyl halides is 3. The van der Waals surface area contributed by atoms with E-state index in [1.165, 1.54) is 10.8 Å². The van der Waals surface area contributed by atoms with Crippen molar-refractivity contribution < 1.29 is 13.2 Å². The van der Waals surface area contributed by atoms with Gasteiger partial charge in [0.25, 0.3) is 0 Å². The Bertz CT molecular complexity index is 383. The molecule has 1 aliphatic rings. The zero-order chi connectivity index (χ0) is 11.9. The second-order valence-electron chi connectivity index (χ2n) is 4.16. The van der Waals surface area contributed by atoms with Gasteiger partial charge in [-0.25, -0.2) is 4.98 Å². The Balaban J connectivity index is 2.40. The van der Waals surface area contributed by atoms with Crippen LogP contribution in [-0.4, -0.2) is 21.8 Å². The lowest BCUT2D eigenvalue weighted by Gasteiger charge is -2.31. The van der Waals surface area contributed by atoms with Gasteiger partial charge in [-0.2, -0.15) is 13.2 Å². The molecule has 2 unspecified atom stereocenters. The van der Waals surface area contributed by atoms with Crippen LogP contribution in [0.5, 0.6) is 0 Å². The van der Waals surface area contributed by atoms with Crippen molar-refractivity contribution in [2.75, 3.05) is 5.32 Å². The van der Waals surface area contributed by atoms with Crippen LogP contribution >= 0.6 is 0 Å². The van der Waals surface area contributed by atoms with E-state index < -0.39 is 12.2 Å². The van der Waals surface area contributed by atoms with E-state index in [2.05, 4.69) is 10.3 Å². The van der Waals surface area contributed by atoms with Crippen molar-refractivity contribution in [3.8, 4) is 0 Å². The molecule has 0 spiro atoms. The normalized spacial score (nSPS) is 25.1. The van der Waals surface area contributed by atoms with Gasteiger partial charge < -0.3 is 9.88 Å². The summed E-state index contributed by atoms with van der Waals surface area (Å²) in [5, 5.41) is 2.97. The quantitative estimate of drug-likeness (QED) is 0.808. The van der Waals surface area contributed by atoms with Gasteiger partial charge in [0.1, 0.15) is 6.04 Å². The molecule has 0 radical (unpaired) electrons. The summed E-state index contributed by atoms with van der Waals surface area (Å²) in [4.78, 5) is 4.14. The molecule has 2 rings (SSSR count). The molecule has 90 valence electrons. The maximum absolute atomic E-state index is 12.8. The molecule has 2 heterocycles. The molecule has 0 fully saturated rings. The van der Waals surface area contributed by atoms with Crippen LogP contribution in [0.15, 0.2) is 6.20 Å². The first-order chi connectivity index (χ1) is 7.41. The van der Waals surface area contributed by atoms with Crippen LogP contribution in [0.3, 0.4) is 0 Å². The van der Waals surface area contributed by atoms with Gasteiger partial charge >= 0.3 is 6.18 Å². The number of fused-ring (bicyclic) bond motifs is 1. The number of hydrogen-bond acceptors (Lipinski definition) is 2. The highest BCUT2D eigenvalue weighted by molar-refractivity contribution is 5.34. The predicted octanol–water partition coefficient (Wildman–Crippen LogP) is 2.75. The monoisotopic (exact) mass is 233 g/mol. The zero-order valence-corrected chi connectivity index (χ0v) is 9.17. The van der Waals surface area contributed by atoms with Crippen molar-refractivity contribution in [3.63, 3.8) is 0 Å². The first-order valence-corrected chi connectivity index (χ1v) is 5.32. The van der Waals surface area contributed by atoms with E-state index in [1.54, 1.807) is 6.92 Å². The van der Waals surface area contributed by atoms with Crippen molar-refractivity contribution >= 4 is 5.95 Å². The first kappa shape index (κ1) is 11.3. The van der Waals surface area contributed by atoms with E-state index in [-0.39, 0.29) is 12.5 Å². The second-order valence-corrected chi connectivity index (χ2v) is 4.16. The smallest absolute Gasteiger partial charge is 0.353 e. The summed E-state index contributed by atoms with van der Waals surface area (Å²) in [6, 6.07) is -1.65. The highest BCUT2D eigenvalue weighted by atomic mass is 19.4. The third kappa shape index (κ3) is 1.88. The van der Waals surface area contributed by atoms with E-state index in [0.717, 1.165) is 0 Å². The fraction of sp³-hybridized carbons (Fsp3) is 0.700. The Labute approximate surface area is 91.7 Å². The number of hydrogen-bond donors (Lipinski definition) is 1. The number of imidazole rings is 1. The maximum Gasteiger partial charge on any atom is 0.409 e. The largest absolute Gasteiger partial charge is 0.409 e. The molecule has 0 saturated carbocycles. The predicted molar refractivity (Wildman–Crippen MR) is 54.4 cm³/mol. The summed E-state index contributed by atoms with van der Waals surface area (Å²) in [5.41, 5.74) is 0.686. The van der Waals surface area contributed by atoms with E-state index in [1.807, 2.05) is 6.92 Å². The molecule has 1 aromatic rings. The molecule has 0 saturated heterocycles. The average Bonchev–Trinajstić information content (AvgIpc) is 2.57. The second kappa shape index (κ2) is 3.68. The maximum atomic E-state index is 12.8. The van der Waals surface area contributed by atoms with Crippen molar-refractivity contribution in [1.82, 2.24) is 9.55 Å². The van der Waals surface area contributed by atoms with Crippen LogP contribution in [0, 0.1) is 0 Å². The molecule has 1 aliphatic heterocycles. The van der Waals surface area contributed by atoms with Gasteiger partial charge in [0.2, 0.25) is 5.95 Å². The number of aryl methyl sites for hydroxylation is 1. The number of aromatic nitrogens is 2. The van der Waals surface area contributed by atoms with Gasteiger partial charge in [-0.3, -0.25) is 0 Å². The fourth-order valence-corrected chi connectivity index (χ4v) is 1.98. The molecule has 16 heavy (non-hydrogen) atoms. The van der Waals surface area contributed by atoms with Crippen LogP contribution in [-0.2, 0) is 6.42 Å². The van der Waals surface area contributed by atoms with Crippen molar-refractivity contribution in [3.05, 3.63) is 11.9 Å². The molecule has 0 bridgehead atoms. The fourth-order valence-electron chi connectivity index (χ4n) is 1.98. The van der Waals surface area contributed by atoms with E-state index in [9.17, 15) is 13.2 Å². The first-order valence-electron chi connectivity index (χ1n) is 5.32. The topological polar surface area (TPSA) is 29.9 Å². The molecular weight excluding hydrogens is 219 g/mol. The summed E-state index contributed by atoms with van der Waals surface area (Å²) in [5.74, 6) is 0.331. The number of nitrogens with zero attached hydrogens (tertiary/aromatic N) is 2. The summed E-state index contributed by atoms with van der Waals surface area (Å²) < 4.78 is 39.7. The van der Waals surface area contributed by atoms with Gasteiger partial charge in [0.05, 0.1) is 5.69 Å². The molecule has 0 aromatic carbocycles. The van der Waals surface area contributed by atoms with Crippen molar-refractivity contribution in [2.45, 2.75) is 44.9 Å². The number of anilines is 1. The van der Waals surface area contributed by atoms with E-state index >= 15 is 0 Å². The zero-order valence-electron chi connectivity index (χ0n) is 9.17. The van der Waals surface area contributed by atoms with E-state index in [0.29, 0.717) is 18.1 Å². The van der Waals surface area contributed by atoms with Crippen LogP contribution < -0.4 is 5.32 Å². The minimum atomic E-state index is -4.21. The minimum Gasteiger partial charge on any atom is -0.353 e. The molecule has 2 atom stereocenters. The van der Waals surface area contributed by atoms with Crippen LogP contribution in [0.2, 0.25) is 0 Å². The van der Waals surface area contributed by atoms with Gasteiger partial charge in [0.15, 0.2) is 0 Å². The molecule has 6 heteroatoms. The Morgan fingerprint density at radius 3 is 2.81 bits per heavy atom. The number of nitrogens with one attached hydrogen (secondary N) is 1. The van der Waals surface area contributed by atoms with Crippen molar-refractivity contribution in [1.29, 1.82) is 0 Å². The summed E-state index contributed by atoms with van der Waals surface area (Å²) in [6.07, 6.45) is -2.03. The molecule has 0 aliphatic carbocycles. The molecule has 0 amide bonds. The van der Waals surface area contributed by atoms with E-state index in [4.69, 9.17) is 0 Å². The lowest BCUT2D eigenvalue weighted by atomic mass is 10.1. The van der Waals surface area contributed by atoms with Gasteiger partial charge in [0, 0.05) is 12.2 Å². The molecule has 1 N–H and O–H groups in total. The van der Waals surface area contributed by atoms with Crippen LogP contribution in [0.25, 0.3) is 0 Å². The number of halogens is 3. The van der Waals surface area contributed by atoms with Gasteiger partial charge in [-0.15, -0.1) is 0 Å². The lowest BCUT2D eigenvalue weighted by Crippen LogP contribution is -2.37. The standard InChI is InChI=1S/C10H14F3N3/c1-3-7-5-16-8(10(11,12)13)4-6(2)14-9(16)15-7/h5-6,8H,3-4H2,1-2H3,(H,14,15). The molecular formula is C10H14F3N3. The Morgan fingerprint density at radius 2 is 2.25 bits per heavy atom. The number of rotatable bonds is 1. The Hall–Kier alpha value is -1.20. The van der Waals surface area contributed by atoms with Crippen LogP contribution in [0.4, 0.5) is 19.1 Å². The summed E-state index contributed by atoms with van der Waals surface area (Å²) in [6.45, 7) is 3.61. The third-order valence-corrected chi connectivity index (χ3v) is 2.81. The lowest BCUT2D eigenvalue weighted by molar-refractivity contribution is -0.170. The Morgan fingerprint density at radius 1 is 1.56 bits per heavy atom. The third-order valence-electron chi connectivity index (χ3n) is 2.81. The van der Waals surface area contributed by atoms with Gasteiger partial charge in [-0.05, 0) is 19.8 Å². The summed E-state index contributed by atoms with van der Waals surface area (Å²) >= 11 is 0. The van der Waals surface area contributed by atoms with Crippen LogP contribution in [0.1, 0.15) is 32.0 Å². The minimum absolute atomic E-state index is 0.0516. The van der Waals surface area contributed by atoms with Crippen molar-refractivity contribution in [2.24, 2.45) is 0 Å². The molecule has 1 aromatic heterocycles. The highest BCUT2D eigenvalue weighted by Crippen LogP contribution is 2.39. The summed E-state index contributed by atoms with van der Waals surface area (Å²) in [7, 11) is 0. The average molecular weight is 233 g/mol.